The van der Waals surface area contributed by atoms with Gasteiger partial charge in [-0.25, -0.2) is 0 Å². The number of allylic oxidation sites excluding steroid dienone is 1. The third kappa shape index (κ3) is 4.20. The lowest BCUT2D eigenvalue weighted by Crippen LogP contribution is -2.15. The van der Waals surface area contributed by atoms with Crippen LogP contribution in [0.15, 0.2) is 28.1 Å². The van der Waals surface area contributed by atoms with E-state index < -0.39 is 0 Å². The van der Waals surface area contributed by atoms with E-state index in [4.69, 9.17) is 0 Å². The van der Waals surface area contributed by atoms with E-state index in [0.29, 0.717) is 0 Å². The minimum Gasteiger partial charge on any atom is -0.163 e. The largest absolute Gasteiger partial charge is 0.163 e. The van der Waals surface area contributed by atoms with Crippen molar-refractivity contribution < 1.29 is 0 Å². The molecule has 0 aliphatic carbocycles. The second-order valence-corrected chi connectivity index (χ2v) is 4.02. The van der Waals surface area contributed by atoms with Crippen LogP contribution in [-0.4, -0.2) is 11.9 Å². The van der Waals surface area contributed by atoms with Crippen LogP contribution in [0.4, 0.5) is 0 Å². The lowest BCUT2D eigenvalue weighted by molar-refractivity contribution is 0.617. The zero-order valence-corrected chi connectivity index (χ0v) is 9.89. The molecule has 2 nitrogen and oxygen atoms in total. The Bertz CT molecular complexity index is 285. The van der Waals surface area contributed by atoms with Gasteiger partial charge < -0.3 is 0 Å². The van der Waals surface area contributed by atoms with Gasteiger partial charge in [-0.2, -0.15) is 10.2 Å². The molecule has 0 radical (unpaired) electrons. The van der Waals surface area contributed by atoms with Crippen molar-refractivity contribution in [1.29, 1.82) is 0 Å². The van der Waals surface area contributed by atoms with E-state index in [1.807, 2.05) is 20.1 Å². The van der Waals surface area contributed by atoms with Crippen LogP contribution < -0.4 is 0 Å². The Hall–Kier alpha value is -1.14. The van der Waals surface area contributed by atoms with Crippen LogP contribution in [-0.2, 0) is 0 Å². The van der Waals surface area contributed by atoms with Gasteiger partial charge in [0.15, 0.2) is 0 Å². The van der Waals surface area contributed by atoms with E-state index in [0.717, 1.165) is 17.7 Å². The maximum atomic E-state index is 4.03. The molecule has 0 bridgehead atoms. The predicted octanol–water partition coefficient (Wildman–Crippen LogP) is 3.60. The summed E-state index contributed by atoms with van der Waals surface area (Å²) in [5, 5.41) is 8.02. The van der Waals surface area contributed by atoms with E-state index in [-0.39, 0.29) is 5.41 Å². The fourth-order valence-corrected chi connectivity index (χ4v) is 1.18. The Balaban J connectivity index is 4.72. The number of nitrogens with zero attached hydrogens (tertiary/aromatic N) is 2. The van der Waals surface area contributed by atoms with Gasteiger partial charge in [0.1, 0.15) is 0 Å². The van der Waals surface area contributed by atoms with E-state index in [9.17, 15) is 0 Å². The van der Waals surface area contributed by atoms with Gasteiger partial charge in [0.25, 0.3) is 0 Å². The predicted molar refractivity (Wildman–Crippen MR) is 64.0 cm³/mol. The molecule has 0 fully saturated rings. The summed E-state index contributed by atoms with van der Waals surface area (Å²) in [4.78, 5) is 0. The second-order valence-electron chi connectivity index (χ2n) is 4.02. The highest BCUT2D eigenvalue weighted by atomic mass is 15.2. The summed E-state index contributed by atoms with van der Waals surface area (Å²) < 4.78 is 0. The van der Waals surface area contributed by atoms with E-state index in [1.165, 1.54) is 0 Å². The highest BCUT2D eigenvalue weighted by Gasteiger charge is 2.19. The van der Waals surface area contributed by atoms with Crippen LogP contribution in [0, 0.1) is 5.41 Å². The average molecular weight is 192 g/mol. The third-order valence-corrected chi connectivity index (χ3v) is 1.98. The standard InChI is InChI=1S/C12H20N2/c1-7-11(8-2)12(5,6)9-13-14-10(3)4/h9H,1,8H2,2-6H3/b13-9+. The maximum Gasteiger partial charge on any atom is 0.0373 e. The van der Waals surface area contributed by atoms with Crippen LogP contribution in [0.25, 0.3) is 0 Å². The summed E-state index contributed by atoms with van der Waals surface area (Å²) in [6, 6.07) is 0. The molecular formula is C12H20N2. The minimum atomic E-state index is -0.102. The molecule has 0 aliphatic heterocycles. The Morgan fingerprint density at radius 3 is 2.36 bits per heavy atom. The summed E-state index contributed by atoms with van der Waals surface area (Å²) >= 11 is 0. The molecule has 0 aromatic carbocycles. The first-order valence-corrected chi connectivity index (χ1v) is 4.88. The van der Waals surface area contributed by atoms with Crippen molar-refractivity contribution in [3.05, 3.63) is 17.9 Å². The van der Waals surface area contributed by atoms with Crippen LogP contribution in [0.1, 0.15) is 41.0 Å². The molecule has 0 atom stereocenters. The molecule has 0 saturated carbocycles. The van der Waals surface area contributed by atoms with Crippen LogP contribution >= 0.6 is 0 Å². The third-order valence-electron chi connectivity index (χ3n) is 1.98. The van der Waals surface area contributed by atoms with E-state index >= 15 is 0 Å². The normalized spacial score (nSPS) is 11.2. The summed E-state index contributed by atoms with van der Waals surface area (Å²) in [7, 11) is 0. The monoisotopic (exact) mass is 192 g/mol. The lowest BCUT2D eigenvalue weighted by Gasteiger charge is -2.19. The molecule has 0 unspecified atom stereocenters. The fourth-order valence-electron chi connectivity index (χ4n) is 1.18. The molecule has 0 aliphatic rings. The summed E-state index contributed by atoms with van der Waals surface area (Å²) in [6.45, 7) is 13.8. The average Bonchev–Trinajstić information content (AvgIpc) is 2.04. The van der Waals surface area contributed by atoms with Gasteiger partial charge in [-0.3, -0.25) is 0 Å². The first-order chi connectivity index (χ1) is 6.44. The summed E-state index contributed by atoms with van der Waals surface area (Å²) in [6.07, 6.45) is 2.79. The topological polar surface area (TPSA) is 24.7 Å². The minimum absolute atomic E-state index is 0.102. The number of rotatable bonds is 4. The zero-order chi connectivity index (χ0) is 11.2. The lowest BCUT2D eigenvalue weighted by atomic mass is 9.84. The quantitative estimate of drug-likeness (QED) is 0.369. The Morgan fingerprint density at radius 1 is 1.43 bits per heavy atom. The summed E-state index contributed by atoms with van der Waals surface area (Å²) in [5.74, 6) is 0. The molecule has 0 heterocycles. The molecular weight excluding hydrogens is 172 g/mol. The first-order valence-electron chi connectivity index (χ1n) is 4.88. The van der Waals surface area contributed by atoms with Crippen LogP contribution in [0.3, 0.4) is 0 Å². The molecule has 0 rings (SSSR count). The molecule has 0 aromatic heterocycles. The molecule has 0 spiro atoms. The van der Waals surface area contributed by atoms with Crippen LogP contribution in [0.5, 0.6) is 0 Å². The van der Waals surface area contributed by atoms with E-state index in [1.54, 1.807) is 0 Å². The zero-order valence-electron chi connectivity index (χ0n) is 9.89. The highest BCUT2D eigenvalue weighted by molar-refractivity contribution is 5.80. The molecule has 0 aromatic rings. The molecule has 14 heavy (non-hydrogen) atoms. The molecule has 78 valence electrons. The van der Waals surface area contributed by atoms with Crippen molar-refractivity contribution in [1.82, 2.24) is 0 Å². The van der Waals surface area contributed by atoms with Gasteiger partial charge in [-0.15, -0.1) is 5.73 Å². The summed E-state index contributed by atoms with van der Waals surface area (Å²) in [5.41, 5.74) is 4.97. The van der Waals surface area contributed by atoms with Gasteiger partial charge in [-0.1, -0.05) is 27.4 Å². The molecule has 0 N–H and O–H groups in total. The van der Waals surface area contributed by atoms with Gasteiger partial charge in [0, 0.05) is 17.3 Å². The van der Waals surface area contributed by atoms with Crippen molar-refractivity contribution in [2.75, 3.05) is 0 Å². The van der Waals surface area contributed by atoms with Crippen molar-refractivity contribution in [3.8, 4) is 0 Å². The van der Waals surface area contributed by atoms with E-state index in [2.05, 4.69) is 43.3 Å². The Kier molecular flexibility index (Phi) is 5.11. The highest BCUT2D eigenvalue weighted by Crippen LogP contribution is 2.25. The smallest absolute Gasteiger partial charge is 0.0373 e. The maximum absolute atomic E-state index is 4.03. The molecule has 2 heteroatoms. The number of hydrogen-bond acceptors (Lipinski definition) is 2. The Labute approximate surface area is 87.1 Å². The Morgan fingerprint density at radius 2 is 2.00 bits per heavy atom. The van der Waals surface area contributed by atoms with Gasteiger partial charge in [0.2, 0.25) is 0 Å². The molecule has 0 saturated heterocycles. The number of hydrogen-bond donors (Lipinski definition) is 0. The van der Waals surface area contributed by atoms with Crippen LogP contribution in [0.2, 0.25) is 0 Å². The van der Waals surface area contributed by atoms with Crippen molar-refractivity contribution >= 4 is 11.9 Å². The van der Waals surface area contributed by atoms with Gasteiger partial charge >= 0.3 is 0 Å². The van der Waals surface area contributed by atoms with Crippen molar-refractivity contribution in [2.45, 2.75) is 41.0 Å². The first kappa shape index (κ1) is 12.9. The van der Waals surface area contributed by atoms with Gasteiger partial charge in [0.05, 0.1) is 0 Å². The second kappa shape index (κ2) is 5.56. The van der Waals surface area contributed by atoms with Crippen molar-refractivity contribution in [3.63, 3.8) is 0 Å². The molecule has 0 amide bonds. The van der Waals surface area contributed by atoms with Crippen molar-refractivity contribution in [2.24, 2.45) is 15.6 Å². The fraction of sp³-hybridized carbons (Fsp3) is 0.583. The SMILES string of the molecule is C=C=C(CC)C(C)(C)/C=N/N=C(C)C. The van der Waals surface area contributed by atoms with Gasteiger partial charge in [-0.05, 0) is 25.8 Å².